The Morgan fingerprint density at radius 2 is 2.24 bits per heavy atom. The van der Waals surface area contributed by atoms with E-state index in [2.05, 4.69) is 22.5 Å². The van der Waals surface area contributed by atoms with Gasteiger partial charge in [-0.1, -0.05) is 12.8 Å². The van der Waals surface area contributed by atoms with E-state index < -0.39 is 0 Å². The predicted molar refractivity (Wildman–Crippen MR) is 82.1 cm³/mol. The molecule has 2 aliphatic heterocycles. The van der Waals surface area contributed by atoms with Gasteiger partial charge in [0, 0.05) is 32.2 Å². The zero-order chi connectivity index (χ0) is 14.7. The predicted octanol–water partition coefficient (Wildman–Crippen LogP) is 0.603. The van der Waals surface area contributed by atoms with E-state index in [0.29, 0.717) is 12.0 Å². The number of hydrogen-bond acceptors (Lipinski definition) is 4. The largest absolute Gasteiger partial charge is 0.379 e. The number of nitrogens with zero attached hydrogens (tertiary/aromatic N) is 1. The van der Waals surface area contributed by atoms with Gasteiger partial charge in [0.1, 0.15) is 0 Å². The topological polar surface area (TPSA) is 53.6 Å². The Morgan fingerprint density at radius 3 is 3.05 bits per heavy atom. The lowest BCUT2D eigenvalue weighted by molar-refractivity contribution is -0.134. The fourth-order valence-electron chi connectivity index (χ4n) is 4.25. The smallest absolute Gasteiger partial charge is 0.227 e. The summed E-state index contributed by atoms with van der Waals surface area (Å²) in [5, 5.41) is 6.70. The average Bonchev–Trinajstić information content (AvgIpc) is 2.98. The number of morpholine rings is 1. The molecule has 3 atom stereocenters. The maximum absolute atomic E-state index is 12.8. The van der Waals surface area contributed by atoms with E-state index in [1.54, 1.807) is 0 Å². The van der Waals surface area contributed by atoms with Crippen LogP contribution in [0.4, 0.5) is 0 Å². The molecule has 5 nitrogen and oxygen atoms in total. The highest BCUT2D eigenvalue weighted by molar-refractivity contribution is 5.83. The second-order valence-corrected chi connectivity index (χ2v) is 6.94. The summed E-state index contributed by atoms with van der Waals surface area (Å²) in [5.74, 6) is 0.835. The molecule has 0 radical (unpaired) electrons. The summed E-state index contributed by atoms with van der Waals surface area (Å²) in [6, 6.07) is 0.394. The molecule has 1 unspecified atom stereocenters. The number of rotatable bonds is 4. The summed E-state index contributed by atoms with van der Waals surface area (Å²) in [6.07, 6.45) is 4.75. The first-order chi connectivity index (χ1) is 10.2. The van der Waals surface area contributed by atoms with Crippen LogP contribution in [-0.4, -0.2) is 62.8 Å². The number of carbonyl (C=O) groups is 1. The first-order valence-corrected chi connectivity index (χ1v) is 8.53. The van der Waals surface area contributed by atoms with E-state index in [9.17, 15) is 4.79 Å². The summed E-state index contributed by atoms with van der Waals surface area (Å²) in [7, 11) is 0. The van der Waals surface area contributed by atoms with E-state index in [1.807, 2.05) is 0 Å². The van der Waals surface area contributed by atoms with Crippen LogP contribution in [0.5, 0.6) is 0 Å². The lowest BCUT2D eigenvalue weighted by atomic mass is 9.67. The van der Waals surface area contributed by atoms with Gasteiger partial charge in [-0.2, -0.15) is 0 Å². The molecule has 3 aliphatic rings. The minimum atomic E-state index is -0.122. The number of ether oxygens (including phenoxy) is 1. The van der Waals surface area contributed by atoms with Crippen LogP contribution < -0.4 is 10.6 Å². The summed E-state index contributed by atoms with van der Waals surface area (Å²) >= 11 is 0. The molecule has 5 heteroatoms. The first kappa shape index (κ1) is 15.3. The molecule has 21 heavy (non-hydrogen) atoms. The first-order valence-electron chi connectivity index (χ1n) is 8.53. The SMILES string of the molecule is CC(CNC(=O)[C@@]12CCCC[C@H]1CNC2)N1CCOCC1. The molecule has 1 amide bonds. The number of amides is 1. The van der Waals surface area contributed by atoms with Gasteiger partial charge in [0.05, 0.1) is 18.6 Å². The average molecular weight is 295 g/mol. The highest BCUT2D eigenvalue weighted by Gasteiger charge is 2.49. The molecule has 0 spiro atoms. The number of fused-ring (bicyclic) bond motifs is 1. The molecule has 3 fully saturated rings. The Balaban J connectivity index is 1.53. The Kier molecular flexibility index (Phi) is 4.82. The van der Waals surface area contributed by atoms with Crippen molar-refractivity contribution < 1.29 is 9.53 Å². The standard InChI is InChI=1S/C16H29N3O2/c1-13(19-6-8-21-9-7-19)10-18-15(20)16-5-3-2-4-14(16)11-17-12-16/h13-14,17H,2-12H2,1H3,(H,18,20)/t13?,14-,16+/m0/s1. The molecule has 0 bridgehead atoms. The quantitative estimate of drug-likeness (QED) is 0.798. The summed E-state index contributed by atoms with van der Waals surface area (Å²) in [6.45, 7) is 8.44. The Bertz CT molecular complexity index is 371. The molecule has 0 aromatic rings. The van der Waals surface area contributed by atoms with Gasteiger partial charge in [-0.05, 0) is 32.2 Å². The Labute approximate surface area is 127 Å². The van der Waals surface area contributed by atoms with Gasteiger partial charge < -0.3 is 15.4 Å². The molecule has 2 heterocycles. The van der Waals surface area contributed by atoms with Crippen LogP contribution in [0.1, 0.15) is 32.6 Å². The molecule has 2 N–H and O–H groups in total. The van der Waals surface area contributed by atoms with Gasteiger partial charge in [0.25, 0.3) is 0 Å². The van der Waals surface area contributed by atoms with E-state index >= 15 is 0 Å². The number of nitrogens with one attached hydrogen (secondary N) is 2. The van der Waals surface area contributed by atoms with Gasteiger partial charge in [0.2, 0.25) is 5.91 Å². The van der Waals surface area contributed by atoms with Crippen molar-refractivity contribution in [1.29, 1.82) is 0 Å². The molecular formula is C16H29N3O2. The lowest BCUT2D eigenvalue weighted by Gasteiger charge is -2.38. The van der Waals surface area contributed by atoms with E-state index in [1.165, 1.54) is 19.3 Å². The van der Waals surface area contributed by atoms with Gasteiger partial charge in [-0.25, -0.2) is 0 Å². The highest BCUT2D eigenvalue weighted by Crippen LogP contribution is 2.43. The molecule has 1 aliphatic carbocycles. The molecule has 120 valence electrons. The summed E-state index contributed by atoms with van der Waals surface area (Å²) in [4.78, 5) is 15.2. The molecule has 2 saturated heterocycles. The zero-order valence-electron chi connectivity index (χ0n) is 13.2. The van der Waals surface area contributed by atoms with E-state index in [-0.39, 0.29) is 11.3 Å². The van der Waals surface area contributed by atoms with Crippen LogP contribution in [0.15, 0.2) is 0 Å². The minimum absolute atomic E-state index is 0.122. The van der Waals surface area contributed by atoms with Crippen molar-refractivity contribution >= 4 is 5.91 Å². The van der Waals surface area contributed by atoms with Crippen molar-refractivity contribution in [3.63, 3.8) is 0 Å². The van der Waals surface area contributed by atoms with Crippen LogP contribution in [-0.2, 0) is 9.53 Å². The second kappa shape index (κ2) is 6.63. The van der Waals surface area contributed by atoms with Crippen molar-refractivity contribution in [2.24, 2.45) is 11.3 Å². The maximum Gasteiger partial charge on any atom is 0.227 e. The van der Waals surface area contributed by atoms with Crippen molar-refractivity contribution in [2.45, 2.75) is 38.6 Å². The summed E-state index contributed by atoms with van der Waals surface area (Å²) in [5.41, 5.74) is -0.122. The third-order valence-corrected chi connectivity index (χ3v) is 5.72. The van der Waals surface area contributed by atoms with Gasteiger partial charge in [-0.15, -0.1) is 0 Å². The lowest BCUT2D eigenvalue weighted by Crippen LogP contribution is -2.52. The molecular weight excluding hydrogens is 266 g/mol. The van der Waals surface area contributed by atoms with Crippen molar-refractivity contribution in [2.75, 3.05) is 45.9 Å². The normalized spacial score (nSPS) is 35.2. The Hall–Kier alpha value is -0.650. The highest BCUT2D eigenvalue weighted by atomic mass is 16.5. The molecule has 0 aromatic heterocycles. The third-order valence-electron chi connectivity index (χ3n) is 5.72. The third kappa shape index (κ3) is 3.10. The van der Waals surface area contributed by atoms with Crippen LogP contribution in [0.3, 0.4) is 0 Å². The maximum atomic E-state index is 12.8. The van der Waals surface area contributed by atoms with Crippen molar-refractivity contribution in [1.82, 2.24) is 15.5 Å². The molecule has 0 aromatic carbocycles. The monoisotopic (exact) mass is 295 g/mol. The van der Waals surface area contributed by atoms with Crippen LogP contribution in [0, 0.1) is 11.3 Å². The van der Waals surface area contributed by atoms with Crippen LogP contribution >= 0.6 is 0 Å². The van der Waals surface area contributed by atoms with Gasteiger partial charge in [0.15, 0.2) is 0 Å². The fraction of sp³-hybridized carbons (Fsp3) is 0.938. The molecule has 3 rings (SSSR count). The number of hydrogen-bond donors (Lipinski definition) is 2. The molecule has 1 saturated carbocycles. The Morgan fingerprint density at radius 1 is 1.43 bits per heavy atom. The minimum Gasteiger partial charge on any atom is -0.379 e. The van der Waals surface area contributed by atoms with Crippen LogP contribution in [0.2, 0.25) is 0 Å². The zero-order valence-corrected chi connectivity index (χ0v) is 13.2. The summed E-state index contributed by atoms with van der Waals surface area (Å²) < 4.78 is 5.39. The van der Waals surface area contributed by atoms with Gasteiger partial charge >= 0.3 is 0 Å². The van der Waals surface area contributed by atoms with Crippen molar-refractivity contribution in [3.05, 3.63) is 0 Å². The van der Waals surface area contributed by atoms with E-state index in [4.69, 9.17) is 4.74 Å². The second-order valence-electron chi connectivity index (χ2n) is 6.94. The van der Waals surface area contributed by atoms with Crippen LogP contribution in [0.25, 0.3) is 0 Å². The van der Waals surface area contributed by atoms with Crippen molar-refractivity contribution in [3.8, 4) is 0 Å². The van der Waals surface area contributed by atoms with Gasteiger partial charge in [-0.3, -0.25) is 9.69 Å². The number of carbonyl (C=O) groups excluding carboxylic acids is 1. The fourth-order valence-corrected chi connectivity index (χ4v) is 4.25. The van der Waals surface area contributed by atoms with E-state index in [0.717, 1.165) is 52.4 Å².